The number of ether oxygens (including phenoxy) is 4. The van der Waals surface area contributed by atoms with Crippen molar-refractivity contribution < 1.29 is 38.1 Å². The Labute approximate surface area is 155 Å². The van der Waals surface area contributed by atoms with Crippen LogP contribution in [-0.4, -0.2) is 66.2 Å². The molecule has 0 aromatic heterocycles. The average molecular weight is 388 g/mol. The topological polar surface area (TPSA) is 130 Å². The first kappa shape index (κ1) is 21.7. The number of isothiocyanates is 1. The molecule has 1 saturated heterocycles. The number of aliphatic imine (C=N–C) groups is 1. The van der Waals surface area contributed by atoms with Gasteiger partial charge in [-0.2, -0.15) is 4.99 Å². The molecule has 0 spiro atoms. The fourth-order valence-corrected chi connectivity index (χ4v) is 2.57. The third-order valence-corrected chi connectivity index (χ3v) is 3.38. The van der Waals surface area contributed by atoms with E-state index in [0.29, 0.717) is 0 Å². The maximum Gasteiger partial charge on any atom is 0.303 e. The van der Waals surface area contributed by atoms with Crippen LogP contribution in [0.1, 0.15) is 27.7 Å². The SMILES string of the molecule is CC(=O)N[C@H]1[C@H](OC(C)=O)[C@H](OC(C)=O)[C@@H](COC(C)=O)O[C@H]1N=C=S. The smallest absolute Gasteiger partial charge is 0.303 e. The number of carbonyl (C=O) groups excluding carboxylic acids is 4. The Morgan fingerprint density at radius 3 is 2.08 bits per heavy atom. The molecule has 1 amide bonds. The molecule has 144 valence electrons. The van der Waals surface area contributed by atoms with Crippen LogP contribution in [0.15, 0.2) is 4.99 Å². The lowest BCUT2D eigenvalue weighted by Gasteiger charge is -2.43. The maximum atomic E-state index is 11.5. The lowest BCUT2D eigenvalue weighted by molar-refractivity contribution is -0.222. The summed E-state index contributed by atoms with van der Waals surface area (Å²) in [5, 5.41) is 4.67. The van der Waals surface area contributed by atoms with Gasteiger partial charge in [0.05, 0.1) is 5.16 Å². The molecule has 0 radical (unpaired) electrons. The average Bonchev–Trinajstić information content (AvgIpc) is 2.50. The zero-order valence-electron chi connectivity index (χ0n) is 14.7. The molecule has 1 aliphatic rings. The summed E-state index contributed by atoms with van der Waals surface area (Å²) in [5.41, 5.74) is 0. The van der Waals surface area contributed by atoms with Gasteiger partial charge in [0.25, 0.3) is 0 Å². The van der Waals surface area contributed by atoms with Crippen LogP contribution in [-0.2, 0) is 38.1 Å². The van der Waals surface area contributed by atoms with E-state index in [1.165, 1.54) is 13.8 Å². The van der Waals surface area contributed by atoms with Crippen molar-refractivity contribution >= 4 is 41.2 Å². The van der Waals surface area contributed by atoms with E-state index in [-0.39, 0.29) is 6.61 Å². The summed E-state index contributed by atoms with van der Waals surface area (Å²) in [5.74, 6) is -2.40. The molecule has 11 heteroatoms. The van der Waals surface area contributed by atoms with Crippen LogP contribution in [0, 0.1) is 0 Å². The van der Waals surface area contributed by atoms with Crippen LogP contribution in [0.4, 0.5) is 0 Å². The van der Waals surface area contributed by atoms with Crippen LogP contribution in [0.25, 0.3) is 0 Å². The summed E-state index contributed by atoms with van der Waals surface area (Å²) in [6, 6.07) is -0.996. The minimum Gasteiger partial charge on any atom is -0.463 e. The molecule has 1 heterocycles. The van der Waals surface area contributed by atoms with Gasteiger partial charge in [0.2, 0.25) is 5.91 Å². The zero-order chi connectivity index (χ0) is 19.9. The number of nitrogens with one attached hydrogen (secondary N) is 1. The van der Waals surface area contributed by atoms with Gasteiger partial charge in [0.1, 0.15) is 18.8 Å². The van der Waals surface area contributed by atoms with E-state index >= 15 is 0 Å². The van der Waals surface area contributed by atoms with Gasteiger partial charge >= 0.3 is 17.9 Å². The van der Waals surface area contributed by atoms with Crippen LogP contribution in [0.2, 0.25) is 0 Å². The van der Waals surface area contributed by atoms with Crippen LogP contribution in [0.5, 0.6) is 0 Å². The highest BCUT2D eigenvalue weighted by Gasteiger charge is 2.50. The summed E-state index contributed by atoms with van der Waals surface area (Å²) >= 11 is 4.58. The fourth-order valence-electron chi connectivity index (χ4n) is 2.47. The predicted molar refractivity (Wildman–Crippen MR) is 89.0 cm³/mol. The normalized spacial score (nSPS) is 27.5. The molecule has 5 atom stereocenters. The minimum absolute atomic E-state index is 0.290. The summed E-state index contributed by atoms with van der Waals surface area (Å²) < 4.78 is 21.1. The third-order valence-electron chi connectivity index (χ3n) is 3.27. The predicted octanol–water partition coefficient (Wildman–Crippen LogP) is -0.255. The van der Waals surface area contributed by atoms with E-state index in [4.69, 9.17) is 18.9 Å². The molecule has 0 aromatic rings. The Bertz CT molecular complexity index is 619. The molecule has 1 rings (SSSR count). The third kappa shape index (κ3) is 6.51. The van der Waals surface area contributed by atoms with Gasteiger partial charge in [0.15, 0.2) is 18.4 Å². The molecular weight excluding hydrogens is 368 g/mol. The first-order valence-corrected chi connectivity index (χ1v) is 8.03. The zero-order valence-corrected chi connectivity index (χ0v) is 15.5. The minimum atomic E-state index is -1.15. The van der Waals surface area contributed by atoms with Crippen molar-refractivity contribution in [3.05, 3.63) is 0 Å². The number of hydrogen-bond donors (Lipinski definition) is 1. The highest BCUT2D eigenvalue weighted by molar-refractivity contribution is 7.78. The largest absolute Gasteiger partial charge is 0.463 e. The number of nitrogens with zero attached hydrogens (tertiary/aromatic N) is 1. The van der Waals surface area contributed by atoms with Crippen LogP contribution in [0.3, 0.4) is 0 Å². The molecule has 1 N–H and O–H groups in total. The highest BCUT2D eigenvalue weighted by Crippen LogP contribution is 2.27. The summed E-state index contributed by atoms with van der Waals surface area (Å²) in [6.07, 6.45) is -4.39. The number of rotatable bonds is 6. The van der Waals surface area contributed by atoms with Gasteiger partial charge in [-0.1, -0.05) is 0 Å². The Kier molecular flexibility index (Phi) is 8.30. The van der Waals surface area contributed by atoms with E-state index in [2.05, 4.69) is 27.7 Å². The number of amides is 1. The molecule has 0 saturated carbocycles. The van der Waals surface area contributed by atoms with Crippen molar-refractivity contribution in [3.8, 4) is 0 Å². The standard InChI is InChI=1S/C15H20N2O8S/c1-7(18)17-12-14(24-10(4)21)13(23-9(3)20)11(5-22-8(2)19)25-15(12)16-6-26/h11-15H,5H2,1-4H3,(H,17,18)/t11-,12+,13-,14+,15-/m1/s1. The highest BCUT2D eigenvalue weighted by atomic mass is 32.1. The number of hydrogen-bond acceptors (Lipinski definition) is 10. The quantitative estimate of drug-likeness (QED) is 0.283. The van der Waals surface area contributed by atoms with E-state index in [9.17, 15) is 19.2 Å². The van der Waals surface area contributed by atoms with E-state index in [1.54, 1.807) is 0 Å². The lowest BCUT2D eigenvalue weighted by Crippen LogP contribution is -2.65. The van der Waals surface area contributed by atoms with Crippen molar-refractivity contribution in [1.29, 1.82) is 0 Å². The van der Waals surface area contributed by atoms with Crippen LogP contribution < -0.4 is 5.32 Å². The van der Waals surface area contributed by atoms with Gasteiger partial charge in [0, 0.05) is 27.7 Å². The molecule has 0 aromatic carbocycles. The van der Waals surface area contributed by atoms with Crippen molar-refractivity contribution in [2.45, 2.75) is 58.3 Å². The summed E-state index contributed by atoms with van der Waals surface area (Å²) in [7, 11) is 0. The van der Waals surface area contributed by atoms with Gasteiger partial charge < -0.3 is 24.3 Å². The van der Waals surface area contributed by atoms with Crippen molar-refractivity contribution in [3.63, 3.8) is 0 Å². The van der Waals surface area contributed by atoms with E-state index in [0.717, 1.165) is 13.8 Å². The summed E-state index contributed by atoms with van der Waals surface area (Å²) in [4.78, 5) is 49.5. The number of thiocarbonyl (C=S) groups is 1. The second-order valence-corrected chi connectivity index (χ2v) is 5.65. The lowest BCUT2D eigenvalue weighted by atomic mass is 9.95. The van der Waals surface area contributed by atoms with Crippen LogP contribution >= 0.6 is 12.2 Å². The van der Waals surface area contributed by atoms with Gasteiger partial charge in [-0.3, -0.25) is 19.2 Å². The molecule has 0 bridgehead atoms. The Morgan fingerprint density at radius 1 is 1.04 bits per heavy atom. The monoisotopic (exact) mass is 388 g/mol. The van der Waals surface area contributed by atoms with Gasteiger partial charge in [-0.25, -0.2) is 0 Å². The Morgan fingerprint density at radius 2 is 1.62 bits per heavy atom. The molecule has 1 aliphatic heterocycles. The Balaban J connectivity index is 3.28. The molecule has 26 heavy (non-hydrogen) atoms. The first-order valence-electron chi connectivity index (χ1n) is 7.63. The molecule has 0 aliphatic carbocycles. The molecule has 0 unspecified atom stereocenters. The second-order valence-electron chi connectivity index (χ2n) is 5.46. The van der Waals surface area contributed by atoms with Crippen molar-refractivity contribution in [2.24, 2.45) is 4.99 Å². The van der Waals surface area contributed by atoms with Gasteiger partial charge in [-0.15, -0.1) is 0 Å². The van der Waals surface area contributed by atoms with Crippen molar-refractivity contribution in [1.82, 2.24) is 5.32 Å². The number of carbonyl (C=O) groups is 4. The van der Waals surface area contributed by atoms with Crippen molar-refractivity contribution in [2.75, 3.05) is 6.61 Å². The Hall–Kier alpha value is -2.36. The molecule has 10 nitrogen and oxygen atoms in total. The fraction of sp³-hybridized carbons (Fsp3) is 0.667. The summed E-state index contributed by atoms with van der Waals surface area (Å²) in [6.45, 7) is 4.46. The number of esters is 3. The molecule has 1 fully saturated rings. The molecular formula is C15H20N2O8S. The van der Waals surface area contributed by atoms with E-state index < -0.39 is 54.4 Å². The van der Waals surface area contributed by atoms with Gasteiger partial charge in [-0.05, 0) is 12.2 Å². The second kappa shape index (κ2) is 9.95. The first-order chi connectivity index (χ1) is 12.1. The maximum absolute atomic E-state index is 11.5. The van der Waals surface area contributed by atoms with E-state index in [1.807, 2.05) is 0 Å².